The van der Waals surface area contributed by atoms with Crippen LogP contribution in [0.4, 0.5) is 5.82 Å². The Morgan fingerprint density at radius 1 is 1.39 bits per heavy atom. The van der Waals surface area contributed by atoms with Crippen LogP contribution in [-0.2, 0) is 4.79 Å². The first-order chi connectivity index (χ1) is 11.2. The molecule has 2 aliphatic rings. The van der Waals surface area contributed by atoms with E-state index in [0.717, 1.165) is 49.3 Å². The molecule has 1 unspecified atom stereocenters. The standard InChI is InChI=1S/C16H18N6O/c17-6-1-2-13(23)22-9-5-16(22)4-8-21(10-16)15-12-3-7-18-14(12)19-11-20-15/h3,7,11H,1-2,4-5,8-10H2,(H,18,19,20). The van der Waals surface area contributed by atoms with Gasteiger partial charge in [0.25, 0.3) is 0 Å². The molecule has 4 heterocycles. The Morgan fingerprint density at radius 2 is 2.26 bits per heavy atom. The minimum Gasteiger partial charge on any atom is -0.354 e. The number of rotatable bonds is 3. The van der Waals surface area contributed by atoms with Gasteiger partial charge in [0.2, 0.25) is 5.91 Å². The number of aromatic amines is 1. The van der Waals surface area contributed by atoms with E-state index in [9.17, 15) is 4.79 Å². The Balaban J connectivity index is 1.54. The fraction of sp³-hybridized carbons (Fsp3) is 0.500. The molecule has 7 heteroatoms. The number of hydrogen-bond acceptors (Lipinski definition) is 5. The summed E-state index contributed by atoms with van der Waals surface area (Å²) in [6.45, 7) is 2.50. The highest BCUT2D eigenvalue weighted by molar-refractivity contribution is 5.87. The van der Waals surface area contributed by atoms with Crippen molar-refractivity contribution in [2.75, 3.05) is 24.5 Å². The number of nitrogens with zero attached hydrogens (tertiary/aromatic N) is 5. The van der Waals surface area contributed by atoms with Gasteiger partial charge < -0.3 is 14.8 Å². The van der Waals surface area contributed by atoms with Gasteiger partial charge in [-0.3, -0.25) is 4.79 Å². The first-order valence-electron chi connectivity index (χ1n) is 7.94. The van der Waals surface area contributed by atoms with Crippen LogP contribution in [0.3, 0.4) is 0 Å². The first-order valence-corrected chi connectivity index (χ1v) is 7.94. The third kappa shape index (κ3) is 2.13. The molecule has 2 aromatic heterocycles. The fourth-order valence-corrected chi connectivity index (χ4v) is 3.80. The summed E-state index contributed by atoms with van der Waals surface area (Å²) in [4.78, 5) is 28.3. The van der Waals surface area contributed by atoms with Crippen LogP contribution in [0.2, 0.25) is 0 Å². The number of nitriles is 1. The van der Waals surface area contributed by atoms with E-state index in [2.05, 4.69) is 25.9 Å². The Kier molecular flexibility index (Phi) is 3.18. The number of amides is 1. The number of nitrogens with one attached hydrogen (secondary N) is 1. The zero-order valence-electron chi connectivity index (χ0n) is 12.8. The normalized spacial score (nSPS) is 23.3. The SMILES string of the molecule is N#CCCC(=O)N1CCC12CCN(c1ncnc3[nH]ccc13)C2. The van der Waals surface area contributed by atoms with Crippen molar-refractivity contribution >= 4 is 22.8 Å². The molecule has 1 N–H and O–H groups in total. The number of aromatic nitrogens is 3. The van der Waals surface area contributed by atoms with Gasteiger partial charge in [-0.05, 0) is 18.9 Å². The molecule has 7 nitrogen and oxygen atoms in total. The highest BCUT2D eigenvalue weighted by Crippen LogP contribution is 2.41. The van der Waals surface area contributed by atoms with Gasteiger partial charge in [0, 0.05) is 38.7 Å². The Morgan fingerprint density at radius 3 is 3.04 bits per heavy atom. The molecule has 2 fully saturated rings. The maximum Gasteiger partial charge on any atom is 0.224 e. The smallest absolute Gasteiger partial charge is 0.224 e. The van der Waals surface area contributed by atoms with E-state index < -0.39 is 0 Å². The van der Waals surface area contributed by atoms with E-state index in [1.165, 1.54) is 0 Å². The van der Waals surface area contributed by atoms with E-state index in [-0.39, 0.29) is 11.4 Å². The molecule has 2 saturated heterocycles. The molecule has 1 atom stereocenters. The van der Waals surface area contributed by atoms with Crippen LogP contribution >= 0.6 is 0 Å². The zero-order chi connectivity index (χ0) is 15.9. The summed E-state index contributed by atoms with van der Waals surface area (Å²) in [5, 5.41) is 9.69. The zero-order valence-corrected chi connectivity index (χ0v) is 12.8. The quantitative estimate of drug-likeness (QED) is 0.926. The molecule has 0 radical (unpaired) electrons. The van der Waals surface area contributed by atoms with Crippen molar-refractivity contribution in [2.45, 2.75) is 31.2 Å². The molecule has 2 aliphatic heterocycles. The Bertz CT molecular complexity index is 793. The highest BCUT2D eigenvalue weighted by Gasteiger charge is 2.51. The average molecular weight is 310 g/mol. The predicted molar refractivity (Wildman–Crippen MR) is 84.6 cm³/mol. The topological polar surface area (TPSA) is 88.9 Å². The minimum absolute atomic E-state index is 0.0693. The maximum atomic E-state index is 12.3. The lowest BCUT2D eigenvalue weighted by molar-refractivity contribution is -0.145. The summed E-state index contributed by atoms with van der Waals surface area (Å²) in [7, 11) is 0. The maximum absolute atomic E-state index is 12.3. The number of carbonyl (C=O) groups excluding carboxylic acids is 1. The third-order valence-electron chi connectivity index (χ3n) is 5.09. The van der Waals surface area contributed by atoms with Crippen molar-refractivity contribution < 1.29 is 4.79 Å². The molecule has 23 heavy (non-hydrogen) atoms. The molecular weight excluding hydrogens is 292 g/mol. The van der Waals surface area contributed by atoms with Crippen LogP contribution in [-0.4, -0.2) is 50.9 Å². The lowest BCUT2D eigenvalue weighted by atomic mass is 9.83. The average Bonchev–Trinajstić information content (AvgIpc) is 3.19. The molecule has 1 spiro atoms. The third-order valence-corrected chi connectivity index (χ3v) is 5.09. The fourth-order valence-electron chi connectivity index (χ4n) is 3.80. The molecule has 1 amide bonds. The largest absolute Gasteiger partial charge is 0.354 e. The molecule has 0 aliphatic carbocycles. The second-order valence-electron chi connectivity index (χ2n) is 6.29. The highest BCUT2D eigenvalue weighted by atomic mass is 16.2. The molecule has 2 aromatic rings. The summed E-state index contributed by atoms with van der Waals surface area (Å²) in [5.41, 5.74) is 0.770. The van der Waals surface area contributed by atoms with Crippen LogP contribution in [0.25, 0.3) is 11.0 Å². The molecule has 0 aromatic carbocycles. The van der Waals surface area contributed by atoms with E-state index in [1.807, 2.05) is 17.2 Å². The van der Waals surface area contributed by atoms with Crippen LogP contribution in [0, 0.1) is 11.3 Å². The lowest BCUT2D eigenvalue weighted by Crippen LogP contribution is -2.63. The van der Waals surface area contributed by atoms with Gasteiger partial charge in [-0.2, -0.15) is 5.26 Å². The summed E-state index contributed by atoms with van der Waals surface area (Å²) in [6, 6.07) is 4.05. The van der Waals surface area contributed by atoms with Gasteiger partial charge in [-0.1, -0.05) is 0 Å². The summed E-state index contributed by atoms with van der Waals surface area (Å²) in [5.74, 6) is 1.04. The molecular formula is C16H18N6O. The van der Waals surface area contributed by atoms with Gasteiger partial charge in [0.15, 0.2) is 0 Å². The number of fused-ring (bicyclic) bond motifs is 1. The van der Waals surface area contributed by atoms with Crippen molar-refractivity contribution in [3.8, 4) is 6.07 Å². The Hall–Kier alpha value is -2.62. The van der Waals surface area contributed by atoms with E-state index >= 15 is 0 Å². The number of likely N-dealkylation sites (tertiary alicyclic amines) is 1. The molecule has 0 saturated carbocycles. The number of H-pyrrole nitrogens is 1. The van der Waals surface area contributed by atoms with E-state index in [0.29, 0.717) is 12.8 Å². The van der Waals surface area contributed by atoms with Crippen molar-refractivity contribution in [3.63, 3.8) is 0 Å². The number of hydrogen-bond donors (Lipinski definition) is 1. The first kappa shape index (κ1) is 14.0. The van der Waals surface area contributed by atoms with Gasteiger partial charge in [0.05, 0.1) is 17.0 Å². The van der Waals surface area contributed by atoms with Crippen LogP contribution in [0.5, 0.6) is 0 Å². The molecule has 118 valence electrons. The van der Waals surface area contributed by atoms with Crippen molar-refractivity contribution in [1.29, 1.82) is 5.26 Å². The second-order valence-corrected chi connectivity index (χ2v) is 6.29. The van der Waals surface area contributed by atoms with Gasteiger partial charge in [-0.15, -0.1) is 0 Å². The summed E-state index contributed by atoms with van der Waals surface area (Å²) >= 11 is 0. The number of carbonyl (C=O) groups is 1. The van der Waals surface area contributed by atoms with Crippen LogP contribution in [0.1, 0.15) is 25.7 Å². The predicted octanol–water partition coefficient (Wildman–Crippen LogP) is 1.44. The monoisotopic (exact) mass is 310 g/mol. The molecule has 0 bridgehead atoms. The van der Waals surface area contributed by atoms with E-state index in [1.54, 1.807) is 6.33 Å². The molecule has 4 rings (SSSR count). The number of anilines is 1. The van der Waals surface area contributed by atoms with Crippen molar-refractivity contribution in [2.24, 2.45) is 0 Å². The van der Waals surface area contributed by atoms with Gasteiger partial charge in [-0.25, -0.2) is 9.97 Å². The second kappa shape index (κ2) is 5.23. The van der Waals surface area contributed by atoms with Gasteiger partial charge >= 0.3 is 0 Å². The summed E-state index contributed by atoms with van der Waals surface area (Å²) in [6.07, 6.45) is 6.06. The van der Waals surface area contributed by atoms with Crippen LogP contribution in [0.15, 0.2) is 18.6 Å². The van der Waals surface area contributed by atoms with Gasteiger partial charge in [0.1, 0.15) is 17.8 Å². The lowest BCUT2D eigenvalue weighted by Gasteiger charge is -2.50. The van der Waals surface area contributed by atoms with E-state index in [4.69, 9.17) is 5.26 Å². The van der Waals surface area contributed by atoms with Crippen molar-refractivity contribution in [1.82, 2.24) is 19.9 Å². The summed E-state index contributed by atoms with van der Waals surface area (Å²) < 4.78 is 0. The minimum atomic E-state index is -0.0693. The Labute approximate surface area is 133 Å². The van der Waals surface area contributed by atoms with Crippen LogP contribution < -0.4 is 4.90 Å². The van der Waals surface area contributed by atoms with Crippen molar-refractivity contribution in [3.05, 3.63) is 18.6 Å².